The number of nitrogens with zero attached hydrogens (tertiary/aromatic N) is 2. The van der Waals surface area contributed by atoms with Crippen LogP contribution in [-0.4, -0.2) is 35.1 Å². The first-order chi connectivity index (χ1) is 10.1. The van der Waals surface area contributed by atoms with Crippen LogP contribution in [0.2, 0.25) is 0 Å². The molecule has 2 rings (SSSR count). The van der Waals surface area contributed by atoms with Crippen molar-refractivity contribution in [3.05, 3.63) is 41.9 Å². The monoisotopic (exact) mass is 305 g/mol. The van der Waals surface area contributed by atoms with E-state index in [0.29, 0.717) is 10.8 Å². The molecule has 0 radical (unpaired) electrons. The summed E-state index contributed by atoms with van der Waals surface area (Å²) in [5, 5.41) is 14.0. The molecule has 2 N–H and O–H groups in total. The van der Waals surface area contributed by atoms with Gasteiger partial charge in [-0.1, -0.05) is 18.2 Å². The molecule has 2 aromatic rings. The first-order valence-corrected chi connectivity index (χ1v) is 7.24. The molecule has 110 valence electrons. The summed E-state index contributed by atoms with van der Waals surface area (Å²) in [6, 6.07) is 9.12. The van der Waals surface area contributed by atoms with Crippen molar-refractivity contribution in [2.45, 2.75) is 6.42 Å². The van der Waals surface area contributed by atoms with Gasteiger partial charge in [-0.15, -0.1) is 11.3 Å². The highest BCUT2D eigenvalue weighted by Crippen LogP contribution is 2.17. The zero-order valence-electron chi connectivity index (χ0n) is 11.2. The second-order valence-corrected chi connectivity index (χ2v) is 5.17. The quantitative estimate of drug-likeness (QED) is 0.818. The van der Waals surface area contributed by atoms with Crippen LogP contribution in [0.3, 0.4) is 0 Å². The van der Waals surface area contributed by atoms with Crippen molar-refractivity contribution in [2.24, 2.45) is 0 Å². The number of hydrogen-bond acceptors (Lipinski definition) is 5. The van der Waals surface area contributed by atoms with Crippen molar-refractivity contribution >= 4 is 34.0 Å². The van der Waals surface area contributed by atoms with E-state index in [1.165, 1.54) is 11.3 Å². The minimum absolute atomic E-state index is 0.0435. The number of amides is 1. The third-order valence-corrected chi connectivity index (χ3v) is 3.51. The van der Waals surface area contributed by atoms with Gasteiger partial charge in [0, 0.05) is 23.8 Å². The van der Waals surface area contributed by atoms with Crippen LogP contribution in [0.15, 0.2) is 41.9 Å². The van der Waals surface area contributed by atoms with Gasteiger partial charge >= 0.3 is 5.97 Å². The zero-order valence-corrected chi connectivity index (χ0v) is 12.0. The number of nitrogens with one attached hydrogen (secondary N) is 1. The third-order valence-electron chi connectivity index (χ3n) is 2.68. The van der Waals surface area contributed by atoms with Crippen LogP contribution in [0.5, 0.6) is 0 Å². The standard InChI is InChI=1S/C14H15N3O3S/c18-12(16-11-4-2-1-3-5-11)10-17(8-6-13(19)20)14-15-7-9-21-14/h1-5,7,9H,6,8,10H2,(H,16,18)(H,19,20). The number of rotatable bonds is 7. The Labute approximate surface area is 126 Å². The Kier molecular flexibility index (Phi) is 5.28. The number of carbonyl (C=O) groups excluding carboxylic acids is 1. The molecule has 1 amide bonds. The van der Waals surface area contributed by atoms with Crippen LogP contribution in [0.1, 0.15) is 6.42 Å². The molecule has 0 bridgehead atoms. The largest absolute Gasteiger partial charge is 0.481 e. The summed E-state index contributed by atoms with van der Waals surface area (Å²) >= 11 is 1.37. The van der Waals surface area contributed by atoms with Gasteiger partial charge in [-0.05, 0) is 12.1 Å². The summed E-state index contributed by atoms with van der Waals surface area (Å²) < 4.78 is 0. The number of carboxylic acids is 1. The summed E-state index contributed by atoms with van der Waals surface area (Å²) in [5.41, 5.74) is 0.708. The first-order valence-electron chi connectivity index (χ1n) is 6.36. The lowest BCUT2D eigenvalue weighted by Crippen LogP contribution is -2.34. The number of carbonyl (C=O) groups is 2. The summed E-state index contributed by atoms with van der Waals surface area (Å²) in [7, 11) is 0. The van der Waals surface area contributed by atoms with Crippen LogP contribution in [0.4, 0.5) is 10.8 Å². The molecule has 0 unspecified atom stereocenters. The maximum absolute atomic E-state index is 12.0. The smallest absolute Gasteiger partial charge is 0.305 e. The van der Waals surface area contributed by atoms with Crippen LogP contribution < -0.4 is 10.2 Å². The molecule has 0 aliphatic carbocycles. The average molecular weight is 305 g/mol. The molecule has 0 saturated carbocycles. The lowest BCUT2D eigenvalue weighted by molar-refractivity contribution is -0.136. The van der Waals surface area contributed by atoms with Gasteiger partial charge in [0.25, 0.3) is 0 Å². The van der Waals surface area contributed by atoms with Gasteiger partial charge < -0.3 is 15.3 Å². The minimum Gasteiger partial charge on any atom is -0.481 e. The fourth-order valence-electron chi connectivity index (χ4n) is 1.74. The third kappa shape index (κ3) is 4.88. The molecule has 1 aromatic carbocycles. The molecule has 7 heteroatoms. The number of para-hydroxylation sites is 1. The van der Waals surface area contributed by atoms with E-state index in [4.69, 9.17) is 5.11 Å². The van der Waals surface area contributed by atoms with Gasteiger partial charge in [-0.25, -0.2) is 4.98 Å². The molecular formula is C14H15N3O3S. The maximum atomic E-state index is 12.0. The Bertz CT molecular complexity index is 587. The molecule has 0 fully saturated rings. The lowest BCUT2D eigenvalue weighted by atomic mass is 10.3. The lowest BCUT2D eigenvalue weighted by Gasteiger charge is -2.20. The Morgan fingerprint density at radius 1 is 1.29 bits per heavy atom. The van der Waals surface area contributed by atoms with Gasteiger partial charge in [0.05, 0.1) is 13.0 Å². The van der Waals surface area contributed by atoms with Crippen LogP contribution in [0.25, 0.3) is 0 Å². The molecule has 0 aliphatic heterocycles. The molecule has 1 heterocycles. The average Bonchev–Trinajstić information content (AvgIpc) is 2.98. The topological polar surface area (TPSA) is 82.5 Å². The Morgan fingerprint density at radius 3 is 2.67 bits per heavy atom. The van der Waals surface area contributed by atoms with E-state index >= 15 is 0 Å². The van der Waals surface area contributed by atoms with E-state index in [9.17, 15) is 9.59 Å². The Balaban J connectivity index is 1.97. The summed E-state index contributed by atoms with van der Waals surface area (Å²) in [4.78, 5) is 28.5. The SMILES string of the molecule is O=C(O)CCN(CC(=O)Nc1ccccc1)c1nccs1. The molecule has 21 heavy (non-hydrogen) atoms. The molecular weight excluding hydrogens is 290 g/mol. The Morgan fingerprint density at radius 2 is 2.05 bits per heavy atom. The molecule has 6 nitrogen and oxygen atoms in total. The fraction of sp³-hybridized carbons (Fsp3) is 0.214. The van der Waals surface area contributed by atoms with Crippen molar-refractivity contribution in [1.29, 1.82) is 0 Å². The van der Waals surface area contributed by atoms with Gasteiger partial charge in [0.15, 0.2) is 5.13 Å². The van der Waals surface area contributed by atoms with Crippen molar-refractivity contribution in [2.75, 3.05) is 23.3 Å². The highest BCUT2D eigenvalue weighted by atomic mass is 32.1. The van der Waals surface area contributed by atoms with E-state index in [2.05, 4.69) is 10.3 Å². The second kappa shape index (κ2) is 7.39. The van der Waals surface area contributed by atoms with Crippen LogP contribution in [-0.2, 0) is 9.59 Å². The van der Waals surface area contributed by atoms with Crippen molar-refractivity contribution in [3.8, 4) is 0 Å². The molecule has 1 aromatic heterocycles. The molecule has 0 aliphatic rings. The highest BCUT2D eigenvalue weighted by molar-refractivity contribution is 7.13. The van der Waals surface area contributed by atoms with Crippen molar-refractivity contribution < 1.29 is 14.7 Å². The minimum atomic E-state index is -0.903. The number of thiazole rings is 1. The first kappa shape index (κ1) is 15.0. The van der Waals surface area contributed by atoms with Crippen molar-refractivity contribution in [3.63, 3.8) is 0 Å². The number of carboxylic acid groups (broad SMARTS) is 1. The molecule has 0 saturated heterocycles. The summed E-state index contributed by atoms with van der Waals surface area (Å²) in [6.07, 6.45) is 1.58. The molecule has 0 atom stereocenters. The van der Waals surface area contributed by atoms with E-state index in [-0.39, 0.29) is 25.4 Å². The van der Waals surface area contributed by atoms with E-state index in [1.54, 1.807) is 28.6 Å². The number of anilines is 2. The number of aliphatic carboxylic acids is 1. The highest BCUT2D eigenvalue weighted by Gasteiger charge is 2.15. The van der Waals surface area contributed by atoms with E-state index in [1.807, 2.05) is 18.2 Å². The fourth-order valence-corrected chi connectivity index (χ4v) is 2.41. The van der Waals surface area contributed by atoms with Crippen LogP contribution >= 0.6 is 11.3 Å². The van der Waals surface area contributed by atoms with Gasteiger partial charge in [0.2, 0.25) is 5.91 Å². The van der Waals surface area contributed by atoms with Gasteiger partial charge in [0.1, 0.15) is 0 Å². The number of benzene rings is 1. The number of hydrogen-bond donors (Lipinski definition) is 2. The maximum Gasteiger partial charge on any atom is 0.305 e. The predicted octanol–water partition coefficient (Wildman–Crippen LogP) is 2.06. The molecule has 0 spiro atoms. The van der Waals surface area contributed by atoms with E-state index in [0.717, 1.165) is 0 Å². The number of aromatic nitrogens is 1. The summed E-state index contributed by atoms with van der Waals surface area (Å²) in [5.74, 6) is -1.11. The van der Waals surface area contributed by atoms with Gasteiger partial charge in [-0.3, -0.25) is 9.59 Å². The normalized spacial score (nSPS) is 10.1. The van der Waals surface area contributed by atoms with Gasteiger partial charge in [-0.2, -0.15) is 0 Å². The predicted molar refractivity (Wildman–Crippen MR) is 81.7 cm³/mol. The Hall–Kier alpha value is -2.41. The zero-order chi connectivity index (χ0) is 15.1. The van der Waals surface area contributed by atoms with Crippen molar-refractivity contribution in [1.82, 2.24) is 4.98 Å². The summed E-state index contributed by atoms with van der Waals surface area (Å²) in [6.45, 7) is 0.306. The van der Waals surface area contributed by atoms with Crippen LogP contribution in [0, 0.1) is 0 Å². The second-order valence-electron chi connectivity index (χ2n) is 4.29. The van der Waals surface area contributed by atoms with E-state index < -0.39 is 5.97 Å².